The molecule has 1 aliphatic heterocycles. The third kappa shape index (κ3) is 3.23. The highest BCUT2D eigenvalue weighted by Gasteiger charge is 2.24. The van der Waals surface area contributed by atoms with Crippen molar-refractivity contribution in [3.05, 3.63) is 35.4 Å². The zero-order valence-electron chi connectivity index (χ0n) is 9.87. The summed E-state index contributed by atoms with van der Waals surface area (Å²) in [5, 5.41) is 9.60. The molecule has 2 atom stereocenters. The lowest BCUT2D eigenvalue weighted by molar-refractivity contribution is 0.0319. The lowest BCUT2D eigenvalue weighted by Crippen LogP contribution is -2.41. The summed E-state index contributed by atoms with van der Waals surface area (Å²) in [6.07, 6.45) is 0.467. The van der Waals surface area contributed by atoms with Crippen molar-refractivity contribution in [2.45, 2.75) is 26.0 Å². The van der Waals surface area contributed by atoms with Crippen LogP contribution in [0, 0.1) is 17.6 Å². The molecule has 0 aliphatic carbocycles. The van der Waals surface area contributed by atoms with E-state index in [1.165, 1.54) is 12.1 Å². The molecule has 2 rings (SSSR count). The molecule has 0 amide bonds. The number of piperidine rings is 1. The Labute approximate surface area is 99.9 Å². The zero-order valence-corrected chi connectivity index (χ0v) is 9.87. The first kappa shape index (κ1) is 12.5. The molecule has 2 unspecified atom stereocenters. The van der Waals surface area contributed by atoms with Crippen LogP contribution >= 0.6 is 0 Å². The Morgan fingerprint density at radius 1 is 1.29 bits per heavy atom. The van der Waals surface area contributed by atoms with Gasteiger partial charge in [0.15, 0.2) is 0 Å². The van der Waals surface area contributed by atoms with Crippen molar-refractivity contribution in [2.24, 2.45) is 5.92 Å². The molecular formula is C13H17F2NO. The maximum absolute atomic E-state index is 13.0. The van der Waals surface area contributed by atoms with Crippen LogP contribution in [0.25, 0.3) is 0 Å². The Hall–Kier alpha value is -1.00. The number of nitrogens with zero attached hydrogens (tertiary/aromatic N) is 1. The Balaban J connectivity index is 2.01. The first-order valence-electron chi connectivity index (χ1n) is 5.90. The maximum atomic E-state index is 13.0. The minimum atomic E-state index is -0.537. The number of hydrogen-bond donors (Lipinski definition) is 1. The molecule has 1 saturated heterocycles. The number of likely N-dealkylation sites (tertiary alicyclic amines) is 1. The van der Waals surface area contributed by atoms with E-state index in [1.54, 1.807) is 0 Å². The summed E-state index contributed by atoms with van der Waals surface area (Å²) in [4.78, 5) is 2.12. The normalized spacial score (nSPS) is 26.1. The highest BCUT2D eigenvalue weighted by Crippen LogP contribution is 2.19. The average molecular weight is 241 g/mol. The van der Waals surface area contributed by atoms with Gasteiger partial charge in [-0.1, -0.05) is 6.92 Å². The molecule has 0 saturated carbocycles. The van der Waals surface area contributed by atoms with Crippen LogP contribution in [0.1, 0.15) is 18.9 Å². The van der Waals surface area contributed by atoms with Crippen molar-refractivity contribution >= 4 is 0 Å². The summed E-state index contributed by atoms with van der Waals surface area (Å²) < 4.78 is 26.0. The molecule has 0 radical (unpaired) electrons. The van der Waals surface area contributed by atoms with Crippen LogP contribution < -0.4 is 0 Å². The van der Waals surface area contributed by atoms with Gasteiger partial charge in [-0.3, -0.25) is 4.90 Å². The molecule has 4 heteroatoms. The van der Waals surface area contributed by atoms with Gasteiger partial charge in [0, 0.05) is 25.7 Å². The maximum Gasteiger partial charge on any atom is 0.126 e. The van der Waals surface area contributed by atoms with E-state index in [9.17, 15) is 13.9 Å². The highest BCUT2D eigenvalue weighted by molar-refractivity contribution is 5.17. The van der Waals surface area contributed by atoms with Crippen molar-refractivity contribution in [1.82, 2.24) is 4.90 Å². The quantitative estimate of drug-likeness (QED) is 0.857. The van der Waals surface area contributed by atoms with Gasteiger partial charge in [-0.2, -0.15) is 0 Å². The van der Waals surface area contributed by atoms with E-state index in [4.69, 9.17) is 0 Å². The fourth-order valence-corrected chi connectivity index (χ4v) is 2.32. The molecule has 1 aromatic rings. The number of rotatable bonds is 2. The summed E-state index contributed by atoms with van der Waals surface area (Å²) in [6, 6.07) is 3.60. The summed E-state index contributed by atoms with van der Waals surface area (Å²) in [6.45, 7) is 4.05. The van der Waals surface area contributed by atoms with Gasteiger partial charge in [-0.25, -0.2) is 8.78 Å². The van der Waals surface area contributed by atoms with E-state index in [0.29, 0.717) is 12.1 Å². The molecule has 0 bridgehead atoms. The van der Waals surface area contributed by atoms with Crippen molar-refractivity contribution in [3.8, 4) is 0 Å². The van der Waals surface area contributed by atoms with Gasteiger partial charge in [0.1, 0.15) is 11.6 Å². The predicted octanol–water partition coefficient (Wildman–Crippen LogP) is 2.17. The van der Waals surface area contributed by atoms with Gasteiger partial charge < -0.3 is 5.11 Å². The molecular weight excluding hydrogens is 224 g/mol. The van der Waals surface area contributed by atoms with Gasteiger partial charge in [-0.05, 0) is 30.0 Å². The summed E-state index contributed by atoms with van der Waals surface area (Å²) >= 11 is 0. The molecule has 0 aromatic heterocycles. The third-order valence-electron chi connectivity index (χ3n) is 3.27. The van der Waals surface area contributed by atoms with E-state index in [1.807, 2.05) is 6.92 Å². The third-order valence-corrected chi connectivity index (χ3v) is 3.27. The second-order valence-corrected chi connectivity index (χ2v) is 4.85. The molecule has 2 nitrogen and oxygen atoms in total. The Kier molecular flexibility index (Phi) is 3.74. The van der Waals surface area contributed by atoms with Crippen molar-refractivity contribution in [1.29, 1.82) is 0 Å². The summed E-state index contributed by atoms with van der Waals surface area (Å²) in [5.41, 5.74) is 0.645. The molecule has 17 heavy (non-hydrogen) atoms. The summed E-state index contributed by atoms with van der Waals surface area (Å²) in [7, 11) is 0. The predicted molar refractivity (Wildman–Crippen MR) is 61.4 cm³/mol. The first-order chi connectivity index (χ1) is 8.04. The van der Waals surface area contributed by atoms with E-state index in [0.717, 1.165) is 25.6 Å². The van der Waals surface area contributed by atoms with Crippen LogP contribution in [-0.2, 0) is 6.54 Å². The van der Waals surface area contributed by atoms with Crippen molar-refractivity contribution in [2.75, 3.05) is 13.1 Å². The standard InChI is InChI=1S/C13H17F2NO/c1-9-7-16(3-2-13(9)17)8-10-4-11(14)6-12(15)5-10/h4-6,9,13,17H,2-3,7-8H2,1H3. The first-order valence-corrected chi connectivity index (χ1v) is 5.90. The van der Waals surface area contributed by atoms with E-state index in [-0.39, 0.29) is 12.0 Å². The van der Waals surface area contributed by atoms with Crippen LogP contribution in [0.15, 0.2) is 18.2 Å². The fraction of sp³-hybridized carbons (Fsp3) is 0.538. The second kappa shape index (κ2) is 5.10. The molecule has 1 aromatic carbocycles. The van der Waals surface area contributed by atoms with Gasteiger partial charge >= 0.3 is 0 Å². The molecule has 1 N–H and O–H groups in total. The smallest absolute Gasteiger partial charge is 0.126 e. The zero-order chi connectivity index (χ0) is 12.4. The molecule has 1 fully saturated rings. The van der Waals surface area contributed by atoms with E-state index < -0.39 is 11.6 Å². The Morgan fingerprint density at radius 3 is 2.53 bits per heavy atom. The SMILES string of the molecule is CC1CN(Cc2cc(F)cc(F)c2)CCC1O. The minimum Gasteiger partial charge on any atom is -0.393 e. The van der Waals surface area contributed by atoms with Crippen LogP contribution in [-0.4, -0.2) is 29.2 Å². The topological polar surface area (TPSA) is 23.5 Å². The molecule has 1 aliphatic rings. The monoisotopic (exact) mass is 241 g/mol. The van der Waals surface area contributed by atoms with Crippen molar-refractivity contribution < 1.29 is 13.9 Å². The number of benzene rings is 1. The number of halogens is 2. The molecule has 1 heterocycles. The van der Waals surface area contributed by atoms with Crippen LogP contribution in [0.5, 0.6) is 0 Å². The highest BCUT2D eigenvalue weighted by atomic mass is 19.1. The largest absolute Gasteiger partial charge is 0.393 e. The lowest BCUT2D eigenvalue weighted by Gasteiger charge is -2.34. The average Bonchev–Trinajstić information content (AvgIpc) is 2.22. The Bertz CT molecular complexity index is 377. The number of aliphatic hydroxyl groups is 1. The van der Waals surface area contributed by atoms with Crippen LogP contribution in [0.3, 0.4) is 0 Å². The van der Waals surface area contributed by atoms with Crippen molar-refractivity contribution in [3.63, 3.8) is 0 Å². The fourth-order valence-electron chi connectivity index (χ4n) is 2.32. The second-order valence-electron chi connectivity index (χ2n) is 4.85. The lowest BCUT2D eigenvalue weighted by atomic mass is 9.96. The summed E-state index contributed by atoms with van der Waals surface area (Å²) in [5.74, 6) is -0.864. The van der Waals surface area contributed by atoms with E-state index >= 15 is 0 Å². The van der Waals surface area contributed by atoms with Crippen LogP contribution in [0.4, 0.5) is 8.78 Å². The van der Waals surface area contributed by atoms with Crippen LogP contribution in [0.2, 0.25) is 0 Å². The molecule has 94 valence electrons. The minimum absolute atomic E-state index is 0.210. The van der Waals surface area contributed by atoms with Gasteiger partial charge in [0.05, 0.1) is 6.10 Å². The van der Waals surface area contributed by atoms with Gasteiger partial charge in [-0.15, -0.1) is 0 Å². The van der Waals surface area contributed by atoms with E-state index in [2.05, 4.69) is 4.90 Å². The van der Waals surface area contributed by atoms with Gasteiger partial charge in [0.2, 0.25) is 0 Å². The van der Waals surface area contributed by atoms with Gasteiger partial charge in [0.25, 0.3) is 0 Å². The Morgan fingerprint density at radius 2 is 1.94 bits per heavy atom. The molecule has 0 spiro atoms. The number of hydrogen-bond acceptors (Lipinski definition) is 2. The number of aliphatic hydroxyl groups excluding tert-OH is 1.